The SMILES string of the molecule is CCN(C)C(=O)C(C)NC(=O)c1ccc2c(c1)CCN2.Cl. The molecule has 1 heterocycles. The van der Waals surface area contributed by atoms with E-state index in [0.717, 1.165) is 24.2 Å². The molecule has 1 aromatic rings. The number of fused-ring (bicyclic) bond motifs is 1. The van der Waals surface area contributed by atoms with Crippen molar-refractivity contribution >= 4 is 29.9 Å². The van der Waals surface area contributed by atoms with Crippen molar-refractivity contribution in [1.29, 1.82) is 0 Å². The molecular weight excluding hydrogens is 290 g/mol. The van der Waals surface area contributed by atoms with Gasteiger partial charge in [-0.05, 0) is 44.0 Å². The highest BCUT2D eigenvalue weighted by atomic mass is 35.5. The summed E-state index contributed by atoms with van der Waals surface area (Å²) in [5.74, 6) is -0.284. The minimum Gasteiger partial charge on any atom is -0.384 e. The molecule has 5 nitrogen and oxygen atoms in total. The third-order valence-electron chi connectivity index (χ3n) is 3.65. The van der Waals surface area contributed by atoms with Crippen molar-refractivity contribution in [3.63, 3.8) is 0 Å². The molecule has 0 saturated heterocycles. The quantitative estimate of drug-likeness (QED) is 0.889. The van der Waals surface area contributed by atoms with Gasteiger partial charge in [-0.2, -0.15) is 0 Å². The summed E-state index contributed by atoms with van der Waals surface area (Å²) in [6.45, 7) is 5.15. The number of halogens is 1. The first-order chi connectivity index (χ1) is 9.52. The van der Waals surface area contributed by atoms with Crippen molar-refractivity contribution in [2.45, 2.75) is 26.3 Å². The monoisotopic (exact) mass is 311 g/mol. The third-order valence-corrected chi connectivity index (χ3v) is 3.65. The van der Waals surface area contributed by atoms with E-state index in [1.165, 1.54) is 0 Å². The lowest BCUT2D eigenvalue weighted by Crippen LogP contribution is -2.45. The summed E-state index contributed by atoms with van der Waals surface area (Å²) in [4.78, 5) is 25.7. The lowest BCUT2D eigenvalue weighted by Gasteiger charge is -2.20. The number of carbonyl (C=O) groups excluding carboxylic acids is 2. The molecule has 2 N–H and O–H groups in total. The molecule has 0 bridgehead atoms. The first kappa shape index (κ1) is 17.3. The lowest BCUT2D eigenvalue weighted by atomic mass is 10.1. The van der Waals surface area contributed by atoms with Crippen molar-refractivity contribution in [3.05, 3.63) is 29.3 Å². The van der Waals surface area contributed by atoms with E-state index in [1.807, 2.05) is 19.1 Å². The van der Waals surface area contributed by atoms with Crippen LogP contribution in [0.3, 0.4) is 0 Å². The first-order valence-electron chi connectivity index (χ1n) is 6.95. The van der Waals surface area contributed by atoms with E-state index in [9.17, 15) is 9.59 Å². The number of anilines is 1. The summed E-state index contributed by atoms with van der Waals surface area (Å²) < 4.78 is 0. The molecule has 0 spiro atoms. The second-order valence-corrected chi connectivity index (χ2v) is 5.10. The fourth-order valence-corrected chi connectivity index (χ4v) is 2.27. The molecule has 0 fully saturated rings. The molecule has 1 aliphatic rings. The second-order valence-electron chi connectivity index (χ2n) is 5.10. The Kier molecular flexibility index (Phi) is 6.03. The summed E-state index contributed by atoms with van der Waals surface area (Å²) >= 11 is 0. The number of hydrogen-bond donors (Lipinski definition) is 2. The molecule has 2 amide bonds. The normalized spacial score (nSPS) is 13.5. The number of likely N-dealkylation sites (N-methyl/N-ethyl adjacent to an activating group) is 1. The Bertz CT molecular complexity index is 534. The van der Waals surface area contributed by atoms with Gasteiger partial charge in [-0.1, -0.05) is 0 Å². The fraction of sp³-hybridized carbons (Fsp3) is 0.467. The highest BCUT2D eigenvalue weighted by Gasteiger charge is 2.20. The zero-order chi connectivity index (χ0) is 14.7. The Morgan fingerprint density at radius 2 is 2.14 bits per heavy atom. The number of carbonyl (C=O) groups is 2. The highest BCUT2D eigenvalue weighted by molar-refractivity contribution is 5.98. The van der Waals surface area contributed by atoms with E-state index < -0.39 is 6.04 Å². The summed E-state index contributed by atoms with van der Waals surface area (Å²) in [7, 11) is 1.73. The molecule has 0 saturated carbocycles. The molecule has 116 valence electrons. The van der Waals surface area contributed by atoms with Crippen molar-refractivity contribution in [1.82, 2.24) is 10.2 Å². The van der Waals surface area contributed by atoms with E-state index in [-0.39, 0.29) is 24.2 Å². The standard InChI is InChI=1S/C15H21N3O2.ClH/c1-4-18(3)15(20)10(2)17-14(19)12-5-6-13-11(9-12)7-8-16-13;/h5-6,9-10,16H,4,7-8H2,1-3H3,(H,17,19);1H. The number of benzene rings is 1. The largest absolute Gasteiger partial charge is 0.384 e. The van der Waals surface area contributed by atoms with Crippen LogP contribution in [0.15, 0.2) is 18.2 Å². The van der Waals surface area contributed by atoms with Crippen molar-refractivity contribution in [2.24, 2.45) is 0 Å². The molecule has 0 radical (unpaired) electrons. The zero-order valence-corrected chi connectivity index (χ0v) is 13.4. The molecule has 21 heavy (non-hydrogen) atoms. The van der Waals surface area contributed by atoms with Gasteiger partial charge < -0.3 is 15.5 Å². The van der Waals surface area contributed by atoms with Crippen molar-refractivity contribution in [3.8, 4) is 0 Å². The van der Waals surface area contributed by atoms with Crippen LogP contribution in [0.1, 0.15) is 29.8 Å². The smallest absolute Gasteiger partial charge is 0.251 e. The van der Waals surface area contributed by atoms with Gasteiger partial charge in [0.1, 0.15) is 6.04 Å². The van der Waals surface area contributed by atoms with E-state index in [1.54, 1.807) is 24.9 Å². The van der Waals surface area contributed by atoms with Crippen LogP contribution in [0.2, 0.25) is 0 Å². The van der Waals surface area contributed by atoms with E-state index in [2.05, 4.69) is 10.6 Å². The second kappa shape index (κ2) is 7.31. The van der Waals surface area contributed by atoms with Gasteiger partial charge in [-0.25, -0.2) is 0 Å². The Hall–Kier alpha value is -1.75. The molecule has 0 aliphatic carbocycles. The summed E-state index contributed by atoms with van der Waals surface area (Å²) in [5.41, 5.74) is 2.85. The van der Waals surface area contributed by atoms with Gasteiger partial charge in [0.05, 0.1) is 0 Å². The van der Waals surface area contributed by atoms with Gasteiger partial charge in [0.2, 0.25) is 5.91 Å². The molecule has 2 rings (SSSR count). The van der Waals surface area contributed by atoms with Gasteiger partial charge in [0.15, 0.2) is 0 Å². The van der Waals surface area contributed by atoms with Crippen LogP contribution in [0.25, 0.3) is 0 Å². The van der Waals surface area contributed by atoms with E-state index in [0.29, 0.717) is 12.1 Å². The van der Waals surface area contributed by atoms with Crippen LogP contribution >= 0.6 is 12.4 Å². The number of nitrogens with zero attached hydrogens (tertiary/aromatic N) is 1. The van der Waals surface area contributed by atoms with Crippen LogP contribution in [-0.4, -0.2) is 42.9 Å². The number of hydrogen-bond acceptors (Lipinski definition) is 3. The Morgan fingerprint density at radius 3 is 2.81 bits per heavy atom. The predicted molar refractivity (Wildman–Crippen MR) is 86.1 cm³/mol. The fourth-order valence-electron chi connectivity index (χ4n) is 2.27. The molecule has 1 aliphatic heterocycles. The maximum Gasteiger partial charge on any atom is 0.251 e. The van der Waals surface area contributed by atoms with Crippen LogP contribution in [-0.2, 0) is 11.2 Å². The van der Waals surface area contributed by atoms with Crippen LogP contribution in [0.4, 0.5) is 5.69 Å². The minimum absolute atomic E-state index is 0. The Morgan fingerprint density at radius 1 is 1.43 bits per heavy atom. The molecule has 1 aromatic carbocycles. The van der Waals surface area contributed by atoms with Gasteiger partial charge in [0.25, 0.3) is 5.91 Å². The number of rotatable bonds is 4. The molecule has 1 unspecified atom stereocenters. The molecule has 0 aromatic heterocycles. The number of nitrogens with one attached hydrogen (secondary N) is 2. The summed E-state index contributed by atoms with van der Waals surface area (Å²) in [6, 6.07) is 5.08. The lowest BCUT2D eigenvalue weighted by molar-refractivity contribution is -0.131. The van der Waals surface area contributed by atoms with Gasteiger partial charge in [-0.15, -0.1) is 12.4 Å². The van der Waals surface area contributed by atoms with Crippen LogP contribution < -0.4 is 10.6 Å². The first-order valence-corrected chi connectivity index (χ1v) is 6.95. The molecule has 6 heteroatoms. The average Bonchev–Trinajstić information content (AvgIpc) is 2.92. The molecular formula is C15H22ClN3O2. The zero-order valence-electron chi connectivity index (χ0n) is 12.6. The van der Waals surface area contributed by atoms with Crippen LogP contribution in [0.5, 0.6) is 0 Å². The summed E-state index contributed by atoms with van der Waals surface area (Å²) in [6.07, 6.45) is 0.934. The van der Waals surface area contributed by atoms with E-state index in [4.69, 9.17) is 0 Å². The number of amides is 2. The van der Waals surface area contributed by atoms with Gasteiger partial charge in [-0.3, -0.25) is 9.59 Å². The van der Waals surface area contributed by atoms with Gasteiger partial charge >= 0.3 is 0 Å². The minimum atomic E-state index is -0.515. The Labute approximate surface area is 131 Å². The molecule has 1 atom stereocenters. The van der Waals surface area contributed by atoms with E-state index >= 15 is 0 Å². The maximum absolute atomic E-state index is 12.2. The van der Waals surface area contributed by atoms with Gasteiger partial charge in [0, 0.05) is 31.4 Å². The summed E-state index contributed by atoms with van der Waals surface area (Å²) in [5, 5.41) is 6.01. The maximum atomic E-state index is 12.2. The van der Waals surface area contributed by atoms with Crippen LogP contribution in [0, 0.1) is 0 Å². The van der Waals surface area contributed by atoms with Crippen molar-refractivity contribution < 1.29 is 9.59 Å². The van der Waals surface area contributed by atoms with Crippen molar-refractivity contribution in [2.75, 3.05) is 25.5 Å². The average molecular weight is 312 g/mol. The Balaban J connectivity index is 0.00000220. The highest BCUT2D eigenvalue weighted by Crippen LogP contribution is 2.22. The topological polar surface area (TPSA) is 61.4 Å². The predicted octanol–water partition coefficient (Wildman–Crippen LogP) is 1.67. The third kappa shape index (κ3) is 3.88.